The van der Waals surface area contributed by atoms with E-state index in [-0.39, 0.29) is 0 Å². The van der Waals surface area contributed by atoms with Crippen molar-refractivity contribution in [2.45, 2.75) is 6.92 Å². The highest BCUT2D eigenvalue weighted by Crippen LogP contribution is 2.39. The average Bonchev–Trinajstić information content (AvgIpc) is 4.08. The van der Waals surface area contributed by atoms with E-state index < -0.39 is 8.07 Å². The summed E-state index contributed by atoms with van der Waals surface area (Å²) in [5.41, 5.74) is 11.9. The lowest BCUT2D eigenvalue weighted by Crippen LogP contribution is -2.74. The smallest absolute Gasteiger partial charge is 0.179 e. The fourth-order valence-corrected chi connectivity index (χ4v) is 16.4. The van der Waals surface area contributed by atoms with E-state index in [1.165, 1.54) is 91.7 Å². The van der Waals surface area contributed by atoms with Crippen LogP contribution in [0.3, 0.4) is 0 Å². The van der Waals surface area contributed by atoms with Crippen LogP contribution < -0.4 is 20.7 Å². The molecule has 0 N–H and O–H groups in total. The summed E-state index contributed by atoms with van der Waals surface area (Å²) in [4.78, 5) is 0. The van der Waals surface area contributed by atoms with Crippen LogP contribution in [-0.4, -0.2) is 21.8 Å². The largest absolute Gasteiger partial charge is 0.309 e. The maximum Gasteiger partial charge on any atom is 0.179 e. The van der Waals surface area contributed by atoms with Crippen molar-refractivity contribution < 1.29 is 0 Å². The number of aryl methyl sites for hydroxylation is 1. The number of aromatic nitrogens is 3. The Kier molecular flexibility index (Phi) is 10.4. The molecule has 11 aromatic carbocycles. The first-order valence-electron chi connectivity index (χ1n) is 24.5. The van der Waals surface area contributed by atoms with Gasteiger partial charge in [-0.15, -0.1) is 0 Å². The van der Waals surface area contributed by atoms with E-state index in [0.717, 1.165) is 17.1 Å². The van der Waals surface area contributed by atoms with Crippen molar-refractivity contribution in [1.82, 2.24) is 13.7 Å². The number of para-hydroxylation sites is 6. The van der Waals surface area contributed by atoms with Gasteiger partial charge in [0.2, 0.25) is 0 Å². The Morgan fingerprint density at radius 1 is 0.225 bits per heavy atom. The van der Waals surface area contributed by atoms with Gasteiger partial charge in [-0.1, -0.05) is 230 Å². The van der Waals surface area contributed by atoms with Crippen LogP contribution in [0.5, 0.6) is 0 Å². The summed E-state index contributed by atoms with van der Waals surface area (Å²) in [5, 5.41) is 13.2. The van der Waals surface area contributed by atoms with E-state index in [1.807, 2.05) is 0 Å². The van der Waals surface area contributed by atoms with E-state index in [0.29, 0.717) is 0 Å². The lowest BCUT2D eigenvalue weighted by atomic mass is 10.2. The quantitative estimate of drug-likeness (QED) is 0.112. The Balaban J connectivity index is 0.000000161. The fourth-order valence-electron chi connectivity index (χ4n) is 11.5. The summed E-state index contributed by atoms with van der Waals surface area (Å²) in [6.45, 7) is 2.18. The van der Waals surface area contributed by atoms with Crippen LogP contribution in [0.2, 0.25) is 0 Å². The zero-order chi connectivity index (χ0) is 47.3. The van der Waals surface area contributed by atoms with Gasteiger partial charge in [0.05, 0.1) is 50.2 Å². The van der Waals surface area contributed by atoms with Crippen LogP contribution in [0.25, 0.3) is 82.5 Å². The minimum atomic E-state index is -2.33. The highest BCUT2D eigenvalue weighted by molar-refractivity contribution is 7.19. The molecule has 336 valence electrons. The van der Waals surface area contributed by atoms with E-state index in [4.69, 9.17) is 0 Å². The molecule has 0 atom stereocenters. The zero-order valence-electron chi connectivity index (χ0n) is 39.4. The van der Waals surface area contributed by atoms with Gasteiger partial charge in [-0.2, -0.15) is 0 Å². The molecule has 14 aromatic rings. The lowest BCUT2D eigenvalue weighted by Gasteiger charge is -2.34. The van der Waals surface area contributed by atoms with Crippen molar-refractivity contribution in [3.63, 3.8) is 0 Å². The van der Waals surface area contributed by atoms with Crippen molar-refractivity contribution in [3.8, 4) is 17.1 Å². The molecule has 3 aromatic heterocycles. The number of hydrogen-bond donors (Lipinski definition) is 0. The SMILES string of the molecule is Cc1cccc([Si](c2ccccc2)(c2ccccc2)c2ccccc2)c1.c1ccc2c(c1)c1ccccc1n2-c1cc(-n2c3ccccc3c3ccccc32)cc(-n2c3ccccc3c3ccccc32)c1. The Hall–Kier alpha value is -8.96. The zero-order valence-corrected chi connectivity index (χ0v) is 40.4. The summed E-state index contributed by atoms with van der Waals surface area (Å²) in [6.07, 6.45) is 0. The van der Waals surface area contributed by atoms with Crippen LogP contribution in [0.4, 0.5) is 0 Å². The average molecular weight is 924 g/mol. The summed E-state index contributed by atoms with van der Waals surface area (Å²) in [6, 6.07) is 102. The third kappa shape index (κ3) is 6.94. The molecule has 0 spiro atoms. The lowest BCUT2D eigenvalue weighted by molar-refractivity contribution is 1.10. The molecule has 0 amide bonds. The molecule has 0 bridgehead atoms. The van der Waals surface area contributed by atoms with Crippen LogP contribution in [0.1, 0.15) is 5.56 Å². The predicted molar refractivity (Wildman–Crippen MR) is 304 cm³/mol. The Bertz CT molecular complexity index is 3670. The van der Waals surface area contributed by atoms with Crippen LogP contribution in [0.15, 0.2) is 279 Å². The van der Waals surface area contributed by atoms with Gasteiger partial charge in [0.25, 0.3) is 0 Å². The predicted octanol–water partition coefficient (Wildman–Crippen LogP) is 14.4. The van der Waals surface area contributed by atoms with E-state index in [9.17, 15) is 0 Å². The molecular formula is C67H49N3Si. The molecule has 0 fully saturated rings. The first kappa shape index (κ1) is 42.2. The van der Waals surface area contributed by atoms with Gasteiger partial charge < -0.3 is 13.7 Å². The molecular weight excluding hydrogens is 875 g/mol. The van der Waals surface area contributed by atoms with Gasteiger partial charge in [0, 0.05) is 32.3 Å². The summed E-state index contributed by atoms with van der Waals surface area (Å²) < 4.78 is 7.29. The maximum absolute atomic E-state index is 2.43. The number of fused-ring (bicyclic) bond motifs is 9. The van der Waals surface area contributed by atoms with E-state index in [2.05, 4.69) is 300 Å². The minimum absolute atomic E-state index is 1.13. The molecule has 0 saturated heterocycles. The van der Waals surface area contributed by atoms with Crippen LogP contribution >= 0.6 is 0 Å². The second-order valence-corrected chi connectivity index (χ2v) is 22.3. The Morgan fingerprint density at radius 3 is 0.732 bits per heavy atom. The first-order chi connectivity index (χ1) is 35.2. The van der Waals surface area contributed by atoms with Gasteiger partial charge in [0.1, 0.15) is 0 Å². The van der Waals surface area contributed by atoms with Gasteiger partial charge in [0.15, 0.2) is 8.07 Å². The number of rotatable bonds is 7. The van der Waals surface area contributed by atoms with Gasteiger partial charge in [-0.25, -0.2) is 0 Å². The van der Waals surface area contributed by atoms with Crippen molar-refractivity contribution in [2.24, 2.45) is 0 Å². The van der Waals surface area contributed by atoms with Crippen LogP contribution in [-0.2, 0) is 0 Å². The highest BCUT2D eigenvalue weighted by atomic mass is 28.3. The molecule has 71 heavy (non-hydrogen) atoms. The summed E-state index contributed by atoms with van der Waals surface area (Å²) >= 11 is 0. The van der Waals surface area contributed by atoms with E-state index in [1.54, 1.807) is 0 Å². The molecule has 0 unspecified atom stereocenters. The molecule has 3 heterocycles. The minimum Gasteiger partial charge on any atom is -0.309 e. The van der Waals surface area contributed by atoms with Crippen LogP contribution in [0, 0.1) is 6.92 Å². The third-order valence-corrected chi connectivity index (χ3v) is 19.2. The van der Waals surface area contributed by atoms with Gasteiger partial charge >= 0.3 is 0 Å². The molecule has 14 rings (SSSR count). The molecule has 0 radical (unpaired) electrons. The summed E-state index contributed by atoms with van der Waals surface area (Å²) in [7, 11) is -2.33. The maximum atomic E-state index is 2.43. The molecule has 0 aliphatic rings. The van der Waals surface area contributed by atoms with E-state index >= 15 is 0 Å². The number of benzene rings is 11. The van der Waals surface area contributed by atoms with Crippen molar-refractivity contribution in [3.05, 3.63) is 285 Å². The Morgan fingerprint density at radius 2 is 0.465 bits per heavy atom. The second kappa shape index (κ2) is 17.5. The van der Waals surface area contributed by atoms with Crippen molar-refractivity contribution in [2.75, 3.05) is 0 Å². The number of nitrogens with zero attached hydrogens (tertiary/aromatic N) is 3. The van der Waals surface area contributed by atoms with Gasteiger partial charge in [-0.05, 0) is 82.3 Å². The summed E-state index contributed by atoms with van der Waals surface area (Å²) in [5.74, 6) is 0. The topological polar surface area (TPSA) is 14.8 Å². The second-order valence-electron chi connectivity index (χ2n) is 18.5. The molecule has 4 heteroatoms. The molecule has 0 saturated carbocycles. The normalized spacial score (nSPS) is 11.7. The third-order valence-electron chi connectivity index (χ3n) is 14.5. The molecule has 0 aliphatic heterocycles. The molecule has 0 aliphatic carbocycles. The highest BCUT2D eigenvalue weighted by Gasteiger charge is 2.41. The fraction of sp³-hybridized carbons (Fsp3) is 0.0149. The first-order valence-corrected chi connectivity index (χ1v) is 26.5. The molecule has 3 nitrogen and oxygen atoms in total. The Labute approximate surface area is 414 Å². The standard InChI is InChI=1S/C42H27N3.C25H22Si/c1-7-19-37-31(13-1)32-14-2-8-20-38(32)43(37)28-25-29(44-39-21-9-3-15-33(39)34-16-4-10-22-40(34)44)27-30(26-28)45-41-23-11-5-17-35(41)36-18-6-12-24-42(36)45;1-21-12-11-19-25(20-21)26(22-13-5-2-6-14-22,23-15-7-3-8-16-23)24-17-9-4-10-18-24/h1-27H;2-20H,1H3. The van der Waals surface area contributed by atoms with Crippen molar-refractivity contribution >= 4 is 94.2 Å². The number of hydrogen-bond acceptors (Lipinski definition) is 0. The van der Waals surface area contributed by atoms with Gasteiger partial charge in [-0.3, -0.25) is 0 Å². The monoisotopic (exact) mass is 923 g/mol. The van der Waals surface area contributed by atoms with Crippen molar-refractivity contribution in [1.29, 1.82) is 0 Å².